The number of nitrogens with zero attached hydrogens (tertiary/aromatic N) is 5. The van der Waals surface area contributed by atoms with Crippen LogP contribution < -0.4 is 15.6 Å². The van der Waals surface area contributed by atoms with Crippen LogP contribution in [0.2, 0.25) is 0 Å². The number of nitrogens with one attached hydrogen (secondary N) is 1. The highest BCUT2D eigenvalue weighted by atomic mass is 19.1. The van der Waals surface area contributed by atoms with Gasteiger partial charge in [-0.05, 0) is 56.9 Å². The minimum Gasteiger partial charge on any atom is -0.473 e. The maximum atomic E-state index is 13.5. The van der Waals surface area contributed by atoms with E-state index in [1.807, 2.05) is 19.2 Å². The topological polar surface area (TPSA) is 86.9 Å². The Morgan fingerprint density at radius 3 is 2.56 bits per heavy atom. The number of fused-ring (bicyclic) bond motifs is 1. The molecule has 0 saturated heterocycles. The van der Waals surface area contributed by atoms with Crippen LogP contribution in [0.1, 0.15) is 38.6 Å². The lowest BCUT2D eigenvalue weighted by atomic mass is 9.93. The van der Waals surface area contributed by atoms with E-state index >= 15 is 0 Å². The number of aryl methyl sites for hydroxylation is 1. The van der Waals surface area contributed by atoms with Gasteiger partial charge in [0.15, 0.2) is 0 Å². The van der Waals surface area contributed by atoms with Crippen LogP contribution in [-0.4, -0.2) is 37.2 Å². The van der Waals surface area contributed by atoms with E-state index in [4.69, 9.17) is 9.84 Å². The Bertz CT molecular complexity index is 1360. The molecule has 1 fully saturated rings. The van der Waals surface area contributed by atoms with Crippen molar-refractivity contribution in [3.8, 4) is 17.1 Å². The lowest BCUT2D eigenvalue weighted by Crippen LogP contribution is -2.27. The number of pyridine rings is 1. The molecule has 0 unspecified atom stereocenters. The first kappa shape index (κ1) is 22.1. The molecule has 9 heteroatoms. The number of hydrogen-bond donors (Lipinski definition) is 1. The molecule has 5 rings (SSSR count). The monoisotopic (exact) mass is 462 g/mol. The van der Waals surface area contributed by atoms with Crippen molar-refractivity contribution in [3.05, 3.63) is 64.8 Å². The van der Waals surface area contributed by atoms with E-state index < -0.39 is 0 Å². The molecule has 4 aromatic rings. The van der Waals surface area contributed by atoms with Crippen LogP contribution in [0.4, 0.5) is 10.2 Å². The molecule has 0 amide bonds. The van der Waals surface area contributed by atoms with Crippen molar-refractivity contribution in [2.45, 2.75) is 44.8 Å². The summed E-state index contributed by atoms with van der Waals surface area (Å²) in [5.74, 6) is 1.00. The van der Waals surface area contributed by atoms with Crippen LogP contribution in [0, 0.1) is 5.82 Å². The molecule has 0 aliphatic heterocycles. The summed E-state index contributed by atoms with van der Waals surface area (Å²) >= 11 is 0. The maximum absolute atomic E-state index is 13.5. The Labute approximate surface area is 196 Å². The lowest BCUT2D eigenvalue weighted by molar-refractivity contribution is 0.123. The van der Waals surface area contributed by atoms with Gasteiger partial charge in [-0.2, -0.15) is 5.10 Å². The Kier molecular flexibility index (Phi) is 6.00. The third kappa shape index (κ3) is 4.37. The second-order valence-corrected chi connectivity index (χ2v) is 8.60. The fourth-order valence-electron chi connectivity index (χ4n) is 4.53. The summed E-state index contributed by atoms with van der Waals surface area (Å²) in [5.41, 5.74) is 2.51. The van der Waals surface area contributed by atoms with Gasteiger partial charge >= 0.3 is 0 Å². The second kappa shape index (κ2) is 9.24. The number of benzene rings is 1. The molecule has 34 heavy (non-hydrogen) atoms. The molecular formula is C25H27FN6O2. The number of hydrogen-bond acceptors (Lipinski definition) is 6. The molecule has 0 spiro atoms. The van der Waals surface area contributed by atoms with Gasteiger partial charge in [-0.15, -0.1) is 5.10 Å². The number of aromatic nitrogens is 5. The molecule has 8 nitrogen and oxygen atoms in total. The third-order valence-electron chi connectivity index (χ3n) is 6.28. The van der Waals surface area contributed by atoms with Crippen molar-refractivity contribution >= 4 is 16.7 Å². The molecule has 0 bridgehead atoms. The molecule has 176 valence electrons. The number of anilines is 1. The van der Waals surface area contributed by atoms with Crippen LogP contribution in [-0.2, 0) is 7.05 Å². The molecule has 3 heterocycles. The van der Waals surface area contributed by atoms with Crippen LogP contribution >= 0.6 is 0 Å². The van der Waals surface area contributed by atoms with Crippen LogP contribution in [0.5, 0.6) is 5.88 Å². The second-order valence-electron chi connectivity index (χ2n) is 8.60. The van der Waals surface area contributed by atoms with Crippen molar-refractivity contribution in [1.82, 2.24) is 24.5 Å². The van der Waals surface area contributed by atoms with Crippen molar-refractivity contribution in [2.75, 3.05) is 11.9 Å². The molecule has 1 aliphatic rings. The maximum Gasteiger partial charge on any atom is 0.266 e. The zero-order valence-electron chi connectivity index (χ0n) is 19.2. The van der Waals surface area contributed by atoms with E-state index in [2.05, 4.69) is 20.1 Å². The summed E-state index contributed by atoms with van der Waals surface area (Å²) in [6.07, 6.45) is 5.39. The van der Waals surface area contributed by atoms with Crippen molar-refractivity contribution in [3.63, 3.8) is 0 Å². The average Bonchev–Trinajstić information content (AvgIpc) is 3.21. The van der Waals surface area contributed by atoms with Crippen LogP contribution in [0.15, 0.2) is 53.5 Å². The van der Waals surface area contributed by atoms with Gasteiger partial charge in [-0.1, -0.05) is 0 Å². The van der Waals surface area contributed by atoms with Crippen molar-refractivity contribution < 1.29 is 9.13 Å². The van der Waals surface area contributed by atoms with E-state index in [0.717, 1.165) is 60.2 Å². The van der Waals surface area contributed by atoms with E-state index in [1.165, 1.54) is 22.9 Å². The quantitative estimate of drug-likeness (QED) is 0.459. The van der Waals surface area contributed by atoms with Gasteiger partial charge in [0.1, 0.15) is 23.4 Å². The Balaban J connectivity index is 1.41. The molecular weight excluding hydrogens is 435 g/mol. The predicted octanol–water partition coefficient (Wildman–Crippen LogP) is 4.33. The minimum atomic E-state index is -0.272. The van der Waals surface area contributed by atoms with Crippen LogP contribution in [0.25, 0.3) is 22.2 Å². The minimum absolute atomic E-state index is 0.0404. The van der Waals surface area contributed by atoms with Gasteiger partial charge in [0.25, 0.3) is 5.56 Å². The largest absolute Gasteiger partial charge is 0.473 e. The van der Waals surface area contributed by atoms with Gasteiger partial charge in [0.2, 0.25) is 5.88 Å². The highest BCUT2D eigenvalue weighted by Gasteiger charge is 2.27. The number of ether oxygens (including phenoxy) is 1. The smallest absolute Gasteiger partial charge is 0.266 e. The molecule has 1 aromatic carbocycles. The SMILES string of the molecule is CCNc1cc2c(cn1)c(-c1ccc(F)cc1)nn2C1CCC(Oc2ccc(=O)n(C)n2)CC1. The predicted molar refractivity (Wildman–Crippen MR) is 128 cm³/mol. The Morgan fingerprint density at radius 1 is 1.09 bits per heavy atom. The van der Waals surface area contributed by atoms with Gasteiger partial charge in [-0.25, -0.2) is 14.1 Å². The summed E-state index contributed by atoms with van der Waals surface area (Å²) < 4.78 is 22.9. The van der Waals surface area contributed by atoms with E-state index in [1.54, 1.807) is 25.2 Å². The molecule has 1 saturated carbocycles. The summed E-state index contributed by atoms with van der Waals surface area (Å²) in [4.78, 5) is 16.1. The van der Waals surface area contributed by atoms with Gasteiger partial charge in [0, 0.05) is 48.9 Å². The fraction of sp³-hybridized carbons (Fsp3) is 0.360. The van der Waals surface area contributed by atoms with E-state index in [0.29, 0.717) is 5.88 Å². The standard InChI is InChI=1S/C25H27FN6O2/c1-3-27-22-14-21-20(15-28-22)25(16-4-6-17(26)7-5-16)30-32(21)18-8-10-19(11-9-18)34-23-12-13-24(33)31(2)29-23/h4-7,12-15,18-19H,3,8-11H2,1-2H3,(H,27,28). The fourth-order valence-corrected chi connectivity index (χ4v) is 4.53. The van der Waals surface area contributed by atoms with Crippen LogP contribution in [0.3, 0.4) is 0 Å². The summed E-state index contributed by atoms with van der Waals surface area (Å²) in [5, 5.41) is 13.4. The van der Waals surface area contributed by atoms with Crippen molar-refractivity contribution in [2.24, 2.45) is 7.05 Å². The Morgan fingerprint density at radius 2 is 1.85 bits per heavy atom. The first-order valence-corrected chi connectivity index (χ1v) is 11.6. The van der Waals surface area contributed by atoms with E-state index in [-0.39, 0.29) is 23.5 Å². The third-order valence-corrected chi connectivity index (χ3v) is 6.28. The van der Waals surface area contributed by atoms with Gasteiger partial charge < -0.3 is 10.1 Å². The highest BCUT2D eigenvalue weighted by molar-refractivity contribution is 5.94. The highest BCUT2D eigenvalue weighted by Crippen LogP contribution is 2.36. The summed E-state index contributed by atoms with van der Waals surface area (Å²) in [7, 11) is 1.62. The molecule has 0 radical (unpaired) electrons. The first-order chi connectivity index (χ1) is 16.5. The molecule has 3 aromatic heterocycles. The van der Waals surface area contributed by atoms with Crippen molar-refractivity contribution in [1.29, 1.82) is 0 Å². The summed E-state index contributed by atoms with van der Waals surface area (Å²) in [6, 6.07) is 11.8. The zero-order chi connectivity index (χ0) is 23.7. The number of rotatable bonds is 6. The normalized spacial score (nSPS) is 18.2. The first-order valence-electron chi connectivity index (χ1n) is 11.6. The zero-order valence-corrected chi connectivity index (χ0v) is 19.2. The average molecular weight is 463 g/mol. The van der Waals surface area contributed by atoms with Gasteiger partial charge in [-0.3, -0.25) is 9.48 Å². The van der Waals surface area contributed by atoms with Gasteiger partial charge in [0.05, 0.1) is 11.6 Å². The van der Waals surface area contributed by atoms with E-state index in [9.17, 15) is 9.18 Å². The molecule has 0 atom stereocenters. The number of halogens is 1. The molecule has 1 aliphatic carbocycles. The molecule has 1 N–H and O–H groups in total. The Hall–Kier alpha value is -3.75. The lowest BCUT2D eigenvalue weighted by Gasteiger charge is -2.29. The summed E-state index contributed by atoms with van der Waals surface area (Å²) in [6.45, 7) is 2.81.